The van der Waals surface area contributed by atoms with Gasteiger partial charge in [-0.05, 0) is 62.3 Å². The van der Waals surface area contributed by atoms with Crippen LogP contribution in [0.25, 0.3) is 6.08 Å². The Kier molecular flexibility index (Phi) is 7.25. The van der Waals surface area contributed by atoms with Crippen molar-refractivity contribution in [1.82, 2.24) is 9.80 Å². The van der Waals surface area contributed by atoms with Gasteiger partial charge in [-0.2, -0.15) is 0 Å². The van der Waals surface area contributed by atoms with Crippen molar-refractivity contribution in [3.05, 3.63) is 76.4 Å². The van der Waals surface area contributed by atoms with Crippen LogP contribution in [0.1, 0.15) is 55.9 Å². The van der Waals surface area contributed by atoms with Crippen LogP contribution in [0.2, 0.25) is 0 Å². The standard InChI is InChI=1S/C28H34N2O4/c1-28(2,3)34-27(32)29-15-12-21(13-16-29)18-23-10-7-11-24-19-30(17-14-25(23)24)26(31)33-20-22-8-5-4-6-9-22/h4-11,18H,12-17,19-20H2,1-3H3. The second-order valence-electron chi connectivity index (χ2n) is 9.97. The molecule has 2 aliphatic rings. The molecule has 0 aromatic heterocycles. The molecule has 0 aliphatic carbocycles. The van der Waals surface area contributed by atoms with Gasteiger partial charge < -0.3 is 19.3 Å². The van der Waals surface area contributed by atoms with Gasteiger partial charge in [-0.25, -0.2) is 9.59 Å². The molecular formula is C28H34N2O4. The van der Waals surface area contributed by atoms with Gasteiger partial charge in [0.05, 0.1) is 0 Å². The molecule has 34 heavy (non-hydrogen) atoms. The molecule has 6 heteroatoms. The van der Waals surface area contributed by atoms with Crippen LogP contribution in [0.3, 0.4) is 0 Å². The zero-order valence-electron chi connectivity index (χ0n) is 20.4. The van der Waals surface area contributed by atoms with Crippen molar-refractivity contribution >= 4 is 18.3 Å². The van der Waals surface area contributed by atoms with Crippen LogP contribution in [0.4, 0.5) is 9.59 Å². The molecule has 0 spiro atoms. The second-order valence-corrected chi connectivity index (χ2v) is 9.97. The third kappa shape index (κ3) is 6.19. The van der Waals surface area contributed by atoms with Crippen molar-refractivity contribution in [3.8, 4) is 0 Å². The molecule has 0 unspecified atom stereocenters. The normalized spacial score (nSPS) is 16.0. The lowest BCUT2D eigenvalue weighted by Crippen LogP contribution is -2.40. The average Bonchev–Trinajstić information content (AvgIpc) is 2.82. The van der Waals surface area contributed by atoms with E-state index in [0.717, 1.165) is 24.8 Å². The number of hydrogen-bond donors (Lipinski definition) is 0. The first-order valence-electron chi connectivity index (χ1n) is 12.0. The molecule has 0 bridgehead atoms. The Morgan fingerprint density at radius 1 is 0.882 bits per heavy atom. The molecular weight excluding hydrogens is 428 g/mol. The third-order valence-corrected chi connectivity index (χ3v) is 6.18. The number of benzene rings is 2. The number of ether oxygens (including phenoxy) is 2. The summed E-state index contributed by atoms with van der Waals surface area (Å²) < 4.78 is 11.0. The molecule has 1 fully saturated rings. The van der Waals surface area contributed by atoms with Crippen molar-refractivity contribution in [1.29, 1.82) is 0 Å². The maximum Gasteiger partial charge on any atom is 0.410 e. The zero-order valence-corrected chi connectivity index (χ0v) is 20.4. The van der Waals surface area contributed by atoms with Crippen LogP contribution in [0, 0.1) is 0 Å². The molecule has 0 radical (unpaired) electrons. The second kappa shape index (κ2) is 10.3. The fourth-order valence-electron chi connectivity index (χ4n) is 4.41. The molecule has 1 saturated heterocycles. The summed E-state index contributed by atoms with van der Waals surface area (Å²) >= 11 is 0. The smallest absolute Gasteiger partial charge is 0.410 e. The molecule has 2 aliphatic heterocycles. The summed E-state index contributed by atoms with van der Waals surface area (Å²) in [5, 5.41) is 0. The predicted molar refractivity (Wildman–Crippen MR) is 132 cm³/mol. The number of piperidine rings is 1. The Morgan fingerprint density at radius 3 is 2.29 bits per heavy atom. The number of carbonyl (C=O) groups is 2. The minimum absolute atomic E-state index is 0.233. The Labute approximate surface area is 202 Å². The largest absolute Gasteiger partial charge is 0.445 e. The maximum atomic E-state index is 12.6. The summed E-state index contributed by atoms with van der Waals surface area (Å²) in [5.41, 5.74) is 5.55. The van der Waals surface area contributed by atoms with E-state index in [9.17, 15) is 9.59 Å². The van der Waals surface area contributed by atoms with Gasteiger partial charge in [-0.15, -0.1) is 0 Å². The van der Waals surface area contributed by atoms with E-state index in [1.165, 1.54) is 22.3 Å². The molecule has 0 atom stereocenters. The lowest BCUT2D eigenvalue weighted by Gasteiger charge is -2.31. The van der Waals surface area contributed by atoms with E-state index in [-0.39, 0.29) is 18.8 Å². The number of carbonyl (C=O) groups excluding carboxylic acids is 2. The van der Waals surface area contributed by atoms with Crippen LogP contribution in [-0.2, 0) is 29.0 Å². The van der Waals surface area contributed by atoms with Crippen molar-refractivity contribution in [2.45, 2.75) is 58.8 Å². The van der Waals surface area contributed by atoms with Crippen LogP contribution in [0.15, 0.2) is 54.1 Å². The van der Waals surface area contributed by atoms with E-state index in [1.807, 2.05) is 51.1 Å². The minimum Gasteiger partial charge on any atom is -0.445 e. The predicted octanol–water partition coefficient (Wildman–Crippen LogP) is 5.80. The molecule has 2 amide bonds. The van der Waals surface area contributed by atoms with Gasteiger partial charge in [0.25, 0.3) is 0 Å². The molecule has 0 saturated carbocycles. The van der Waals surface area contributed by atoms with E-state index in [0.29, 0.717) is 26.2 Å². The highest BCUT2D eigenvalue weighted by molar-refractivity contribution is 5.70. The lowest BCUT2D eigenvalue weighted by atomic mass is 9.92. The lowest BCUT2D eigenvalue weighted by molar-refractivity contribution is 0.0236. The number of likely N-dealkylation sites (tertiary alicyclic amines) is 1. The van der Waals surface area contributed by atoms with E-state index in [1.54, 1.807) is 9.80 Å². The number of amides is 2. The summed E-state index contributed by atoms with van der Waals surface area (Å²) in [6, 6.07) is 16.0. The first kappa shape index (κ1) is 23.9. The van der Waals surface area contributed by atoms with Crippen LogP contribution in [-0.4, -0.2) is 47.2 Å². The molecule has 4 rings (SSSR count). The number of nitrogens with zero attached hydrogens (tertiary/aromatic N) is 2. The molecule has 0 N–H and O–H groups in total. The molecule has 2 aromatic carbocycles. The number of hydrogen-bond acceptors (Lipinski definition) is 4. The first-order chi connectivity index (χ1) is 16.3. The first-order valence-corrected chi connectivity index (χ1v) is 12.0. The number of rotatable bonds is 3. The van der Waals surface area contributed by atoms with Crippen molar-refractivity contribution in [3.63, 3.8) is 0 Å². The van der Waals surface area contributed by atoms with Crippen molar-refractivity contribution in [2.24, 2.45) is 0 Å². The number of fused-ring (bicyclic) bond motifs is 1. The van der Waals surface area contributed by atoms with Crippen LogP contribution >= 0.6 is 0 Å². The molecule has 6 nitrogen and oxygen atoms in total. The highest BCUT2D eigenvalue weighted by Gasteiger charge is 2.26. The summed E-state index contributed by atoms with van der Waals surface area (Å²) in [6.07, 6.45) is 4.27. The van der Waals surface area contributed by atoms with E-state index < -0.39 is 5.60 Å². The Balaban J connectivity index is 1.35. The van der Waals surface area contributed by atoms with Crippen molar-refractivity contribution < 1.29 is 19.1 Å². The Hall–Kier alpha value is -3.28. The Bertz CT molecular complexity index is 1050. The molecule has 180 valence electrons. The fourth-order valence-corrected chi connectivity index (χ4v) is 4.41. The average molecular weight is 463 g/mol. The Morgan fingerprint density at radius 2 is 1.59 bits per heavy atom. The zero-order chi connectivity index (χ0) is 24.1. The quantitative estimate of drug-likeness (QED) is 0.579. The van der Waals surface area contributed by atoms with Gasteiger partial charge in [0.1, 0.15) is 12.2 Å². The summed E-state index contributed by atoms with van der Waals surface area (Å²) in [5.74, 6) is 0. The van der Waals surface area contributed by atoms with E-state index in [4.69, 9.17) is 9.47 Å². The summed E-state index contributed by atoms with van der Waals surface area (Å²) in [6.45, 7) is 8.53. The summed E-state index contributed by atoms with van der Waals surface area (Å²) in [4.78, 5) is 28.5. The van der Waals surface area contributed by atoms with Gasteiger partial charge >= 0.3 is 12.2 Å². The molecule has 2 heterocycles. The molecule has 2 aromatic rings. The SMILES string of the molecule is CC(C)(C)OC(=O)N1CCC(=Cc2cccc3c2CCN(C(=O)OCc2ccccc2)C3)CC1. The monoisotopic (exact) mass is 462 g/mol. The fraction of sp³-hybridized carbons (Fsp3) is 0.429. The topological polar surface area (TPSA) is 59.1 Å². The van der Waals surface area contributed by atoms with E-state index >= 15 is 0 Å². The highest BCUT2D eigenvalue weighted by Crippen LogP contribution is 2.27. The maximum absolute atomic E-state index is 12.6. The van der Waals surface area contributed by atoms with Gasteiger partial charge in [-0.3, -0.25) is 0 Å². The minimum atomic E-state index is -0.474. The third-order valence-electron chi connectivity index (χ3n) is 6.18. The van der Waals surface area contributed by atoms with Gasteiger partial charge in [0, 0.05) is 26.2 Å². The van der Waals surface area contributed by atoms with Crippen LogP contribution < -0.4 is 0 Å². The van der Waals surface area contributed by atoms with Gasteiger partial charge in [-0.1, -0.05) is 60.2 Å². The van der Waals surface area contributed by atoms with E-state index in [2.05, 4.69) is 24.3 Å². The van der Waals surface area contributed by atoms with Gasteiger partial charge in [0.15, 0.2) is 0 Å². The highest BCUT2D eigenvalue weighted by atomic mass is 16.6. The van der Waals surface area contributed by atoms with Gasteiger partial charge in [0.2, 0.25) is 0 Å². The van der Waals surface area contributed by atoms with Crippen LogP contribution in [0.5, 0.6) is 0 Å². The van der Waals surface area contributed by atoms with Crippen molar-refractivity contribution in [2.75, 3.05) is 19.6 Å². The summed E-state index contributed by atoms with van der Waals surface area (Å²) in [7, 11) is 0.